The molecular formula is C23H17BrCl2N2O2. The molecule has 0 unspecified atom stereocenters. The van der Waals surface area contributed by atoms with Gasteiger partial charge >= 0.3 is 0 Å². The number of rotatable bonds is 4. The minimum absolute atomic E-state index is 0.133. The molecule has 2 aromatic carbocycles. The Kier molecular flexibility index (Phi) is 5.62. The fourth-order valence-corrected chi connectivity index (χ4v) is 4.11. The number of nitrogens with two attached hydrogens (primary N) is 1. The monoisotopic (exact) mass is 502 g/mol. The number of halogens is 3. The van der Waals surface area contributed by atoms with Crippen LogP contribution in [-0.4, -0.2) is 10.8 Å². The second-order valence-electron chi connectivity index (χ2n) is 7.23. The van der Waals surface area contributed by atoms with Crippen molar-refractivity contribution in [3.63, 3.8) is 0 Å². The highest BCUT2D eigenvalue weighted by Gasteiger charge is 2.24. The van der Waals surface area contributed by atoms with E-state index in [0.717, 1.165) is 21.2 Å². The number of nitrogen functional groups attached to an aromatic ring is 1. The summed E-state index contributed by atoms with van der Waals surface area (Å²) in [6.07, 6.45) is 0. The molecule has 2 N–H and O–H groups in total. The molecule has 4 aromatic rings. The maximum Gasteiger partial charge on any atom is 0.229 e. The minimum Gasteiger partial charge on any atom is -0.432 e. The number of anilines is 1. The molecule has 152 valence electrons. The Balaban J connectivity index is 2.03. The van der Waals surface area contributed by atoms with Crippen molar-refractivity contribution >= 4 is 61.7 Å². The van der Waals surface area contributed by atoms with Crippen LogP contribution in [0.15, 0.2) is 57.4 Å². The van der Waals surface area contributed by atoms with Gasteiger partial charge in [0.1, 0.15) is 0 Å². The quantitative estimate of drug-likeness (QED) is 0.290. The number of pyridine rings is 1. The molecule has 7 heteroatoms. The first-order chi connectivity index (χ1) is 14.3. The van der Waals surface area contributed by atoms with Gasteiger partial charge in [0.05, 0.1) is 21.8 Å². The number of carbonyl (C=O) groups excluding carboxylic acids is 1. The van der Waals surface area contributed by atoms with Crippen LogP contribution in [0.2, 0.25) is 10.0 Å². The summed E-state index contributed by atoms with van der Waals surface area (Å²) in [6.45, 7) is 3.60. The van der Waals surface area contributed by atoms with Crippen molar-refractivity contribution in [1.82, 2.24) is 4.98 Å². The predicted octanol–water partition coefficient (Wildman–Crippen LogP) is 7.65. The molecule has 0 bridgehead atoms. The van der Waals surface area contributed by atoms with E-state index in [1.807, 2.05) is 30.3 Å². The number of aromatic nitrogens is 1. The van der Waals surface area contributed by atoms with Crippen molar-refractivity contribution in [2.75, 3.05) is 5.73 Å². The number of benzene rings is 2. The van der Waals surface area contributed by atoms with Gasteiger partial charge in [0.2, 0.25) is 11.5 Å². The molecule has 0 aliphatic carbocycles. The van der Waals surface area contributed by atoms with Gasteiger partial charge in [-0.3, -0.25) is 4.79 Å². The zero-order chi connectivity index (χ0) is 21.6. The Bertz CT molecular complexity index is 1280. The van der Waals surface area contributed by atoms with E-state index in [1.165, 1.54) is 0 Å². The highest BCUT2D eigenvalue weighted by Crippen LogP contribution is 2.40. The first-order valence-corrected chi connectivity index (χ1v) is 10.8. The zero-order valence-electron chi connectivity index (χ0n) is 16.2. The molecule has 2 aromatic heterocycles. The fraction of sp³-hybridized carbons (Fsp3) is 0.130. The molecule has 0 saturated carbocycles. The van der Waals surface area contributed by atoms with E-state index in [4.69, 9.17) is 38.3 Å². The summed E-state index contributed by atoms with van der Waals surface area (Å²) >= 11 is 16.0. The van der Waals surface area contributed by atoms with Crippen molar-refractivity contribution in [2.24, 2.45) is 5.92 Å². The third-order valence-corrected chi connectivity index (χ3v) is 5.87. The number of hydrogen-bond donors (Lipinski definition) is 1. The number of Topliss-reactive ketones (excluding diaryl/α,β-unsaturated/α-hetero) is 1. The third-order valence-electron chi connectivity index (χ3n) is 4.81. The molecule has 0 amide bonds. The SMILES string of the molecule is CC(C)C(=O)c1oc2nc(-c3ccc(Br)cc3Cl)c(-c3ccc(Cl)cc3)cc2c1N. The summed E-state index contributed by atoms with van der Waals surface area (Å²) < 4.78 is 6.66. The Hall–Kier alpha value is -2.34. The number of ketones is 1. The summed E-state index contributed by atoms with van der Waals surface area (Å²) in [5.41, 5.74) is 9.92. The largest absolute Gasteiger partial charge is 0.432 e. The van der Waals surface area contributed by atoms with Crippen LogP contribution in [0.4, 0.5) is 5.69 Å². The van der Waals surface area contributed by atoms with Crippen LogP contribution in [0.5, 0.6) is 0 Å². The topological polar surface area (TPSA) is 69.1 Å². The molecule has 0 atom stereocenters. The van der Waals surface area contributed by atoms with E-state index in [0.29, 0.717) is 32.5 Å². The lowest BCUT2D eigenvalue weighted by molar-refractivity contribution is 0.0914. The van der Waals surface area contributed by atoms with Gasteiger partial charge in [0.15, 0.2) is 5.76 Å². The van der Waals surface area contributed by atoms with Gasteiger partial charge in [0, 0.05) is 26.5 Å². The number of nitrogens with zero attached hydrogens (tertiary/aromatic N) is 1. The van der Waals surface area contributed by atoms with E-state index >= 15 is 0 Å². The average Bonchev–Trinajstić information content (AvgIpc) is 3.03. The number of fused-ring (bicyclic) bond motifs is 1. The molecule has 4 rings (SSSR count). The Labute approximate surface area is 192 Å². The van der Waals surface area contributed by atoms with Crippen LogP contribution in [0, 0.1) is 5.92 Å². The predicted molar refractivity (Wildman–Crippen MR) is 126 cm³/mol. The first kappa shape index (κ1) is 20.9. The second-order valence-corrected chi connectivity index (χ2v) is 8.99. The minimum atomic E-state index is -0.246. The zero-order valence-corrected chi connectivity index (χ0v) is 19.3. The number of hydrogen-bond acceptors (Lipinski definition) is 4. The van der Waals surface area contributed by atoms with Crippen LogP contribution < -0.4 is 5.73 Å². The standard InChI is InChI=1S/C23H17BrCl2N2O2/c1-11(2)21(29)22-19(27)17-10-16(12-3-6-14(25)7-4-12)20(28-23(17)30-22)15-8-5-13(24)9-18(15)26/h3-11H,27H2,1-2H3. The van der Waals surface area contributed by atoms with Crippen LogP contribution >= 0.6 is 39.1 Å². The van der Waals surface area contributed by atoms with Gasteiger partial charge < -0.3 is 10.2 Å². The van der Waals surface area contributed by atoms with Crippen molar-refractivity contribution in [3.05, 3.63) is 68.8 Å². The van der Waals surface area contributed by atoms with Gasteiger partial charge in [-0.2, -0.15) is 0 Å². The highest BCUT2D eigenvalue weighted by molar-refractivity contribution is 9.10. The second kappa shape index (κ2) is 8.06. The normalized spacial score (nSPS) is 11.4. The summed E-state index contributed by atoms with van der Waals surface area (Å²) in [7, 11) is 0. The van der Waals surface area contributed by atoms with Crippen molar-refractivity contribution in [1.29, 1.82) is 0 Å². The molecule has 30 heavy (non-hydrogen) atoms. The molecule has 0 aliphatic heterocycles. The molecule has 2 heterocycles. The first-order valence-electron chi connectivity index (χ1n) is 9.25. The maximum atomic E-state index is 12.5. The summed E-state index contributed by atoms with van der Waals surface area (Å²) in [4.78, 5) is 17.3. The molecule has 0 radical (unpaired) electrons. The molecule has 0 spiro atoms. The van der Waals surface area contributed by atoms with Gasteiger partial charge in [-0.25, -0.2) is 4.98 Å². The molecule has 4 nitrogen and oxygen atoms in total. The summed E-state index contributed by atoms with van der Waals surface area (Å²) in [6, 6.07) is 14.9. The lowest BCUT2D eigenvalue weighted by Gasteiger charge is -2.11. The number of furan rings is 1. The van der Waals surface area contributed by atoms with Gasteiger partial charge in [-0.05, 0) is 35.9 Å². The summed E-state index contributed by atoms with van der Waals surface area (Å²) in [5, 5.41) is 1.74. The molecule has 0 fully saturated rings. The summed E-state index contributed by atoms with van der Waals surface area (Å²) in [5.74, 6) is -0.278. The van der Waals surface area contributed by atoms with Gasteiger partial charge in [-0.15, -0.1) is 0 Å². The van der Waals surface area contributed by atoms with Gasteiger partial charge in [0.25, 0.3) is 0 Å². The molecule has 0 aliphatic rings. The van der Waals surface area contributed by atoms with E-state index in [1.54, 1.807) is 32.0 Å². The molecular weight excluding hydrogens is 487 g/mol. The van der Waals surface area contributed by atoms with Crippen LogP contribution in [-0.2, 0) is 0 Å². The average molecular weight is 504 g/mol. The smallest absolute Gasteiger partial charge is 0.229 e. The third kappa shape index (κ3) is 3.73. The Morgan fingerprint density at radius 2 is 1.77 bits per heavy atom. The Morgan fingerprint density at radius 1 is 1.07 bits per heavy atom. The van der Waals surface area contributed by atoms with Gasteiger partial charge in [-0.1, -0.05) is 71.2 Å². The number of carbonyl (C=O) groups is 1. The van der Waals surface area contributed by atoms with Crippen molar-refractivity contribution in [2.45, 2.75) is 13.8 Å². The maximum absolute atomic E-state index is 12.5. The highest BCUT2D eigenvalue weighted by atomic mass is 79.9. The van der Waals surface area contributed by atoms with Crippen LogP contribution in [0.25, 0.3) is 33.5 Å². The Morgan fingerprint density at radius 3 is 2.40 bits per heavy atom. The van der Waals surface area contributed by atoms with E-state index < -0.39 is 0 Å². The van der Waals surface area contributed by atoms with Crippen molar-refractivity contribution in [3.8, 4) is 22.4 Å². The fourth-order valence-electron chi connectivity index (χ4n) is 3.22. The van der Waals surface area contributed by atoms with Crippen LogP contribution in [0.3, 0.4) is 0 Å². The van der Waals surface area contributed by atoms with Crippen LogP contribution in [0.1, 0.15) is 24.4 Å². The lowest BCUT2D eigenvalue weighted by atomic mass is 9.98. The van der Waals surface area contributed by atoms with E-state index in [-0.39, 0.29) is 17.5 Å². The van der Waals surface area contributed by atoms with E-state index in [9.17, 15) is 4.79 Å². The van der Waals surface area contributed by atoms with E-state index in [2.05, 4.69) is 15.9 Å². The molecule has 0 saturated heterocycles. The van der Waals surface area contributed by atoms with Crippen molar-refractivity contribution < 1.29 is 9.21 Å². The lowest BCUT2D eigenvalue weighted by Crippen LogP contribution is -2.08.